The van der Waals surface area contributed by atoms with Crippen LogP contribution in [0.15, 0.2) is 35.5 Å². The molecule has 2 aromatic heterocycles. The highest BCUT2D eigenvalue weighted by Crippen LogP contribution is 2.24. The molecule has 0 bridgehead atoms. The Morgan fingerprint density at radius 2 is 2.10 bits per heavy atom. The maximum Gasteiger partial charge on any atom is 0.214 e. The van der Waals surface area contributed by atoms with Gasteiger partial charge in [0.1, 0.15) is 5.75 Å². The van der Waals surface area contributed by atoms with E-state index < -0.39 is 0 Å². The average Bonchev–Trinajstić information content (AvgIpc) is 3.45. The molecule has 0 saturated carbocycles. The van der Waals surface area contributed by atoms with E-state index >= 15 is 0 Å². The van der Waals surface area contributed by atoms with E-state index in [1.807, 2.05) is 19.9 Å². The Kier molecular flexibility index (Phi) is 5.68. The van der Waals surface area contributed by atoms with E-state index in [0.29, 0.717) is 5.16 Å². The summed E-state index contributed by atoms with van der Waals surface area (Å²) in [6.45, 7) is 5.62. The number of tetrazole rings is 1. The van der Waals surface area contributed by atoms with Crippen molar-refractivity contribution < 1.29 is 14.6 Å². The van der Waals surface area contributed by atoms with Crippen LogP contribution in [0.2, 0.25) is 0 Å². The number of Topliss-reactive ketones (excluding diaryl/α,β-unsaturated/α-hetero) is 1. The van der Waals surface area contributed by atoms with Gasteiger partial charge in [-0.3, -0.25) is 4.79 Å². The summed E-state index contributed by atoms with van der Waals surface area (Å²) < 4.78 is 9.47. The Hall–Kier alpha value is -2.65. The van der Waals surface area contributed by atoms with Crippen molar-refractivity contribution in [3.63, 3.8) is 0 Å². The van der Waals surface area contributed by atoms with Crippen LogP contribution in [0.3, 0.4) is 0 Å². The molecule has 1 saturated heterocycles. The molecule has 9 heteroatoms. The smallest absolute Gasteiger partial charge is 0.214 e. The van der Waals surface area contributed by atoms with Gasteiger partial charge in [-0.1, -0.05) is 11.8 Å². The number of aromatic nitrogens is 5. The Morgan fingerprint density at radius 3 is 2.83 bits per heavy atom. The highest BCUT2D eigenvalue weighted by atomic mass is 32.2. The van der Waals surface area contributed by atoms with Gasteiger partial charge < -0.3 is 14.4 Å². The van der Waals surface area contributed by atoms with Crippen LogP contribution < -0.4 is 0 Å². The molecule has 1 aromatic carbocycles. The summed E-state index contributed by atoms with van der Waals surface area (Å²) in [5.74, 6) is 0.453. The Labute approximate surface area is 172 Å². The minimum absolute atomic E-state index is 0.0435. The molecule has 0 aliphatic carbocycles. The van der Waals surface area contributed by atoms with Crippen LogP contribution in [-0.4, -0.2) is 54.1 Å². The molecule has 4 rings (SSSR count). The van der Waals surface area contributed by atoms with Crippen LogP contribution in [-0.2, 0) is 11.3 Å². The number of carbonyl (C=O) groups excluding carboxylic acids is 1. The minimum Gasteiger partial charge on any atom is -0.508 e. The van der Waals surface area contributed by atoms with E-state index in [4.69, 9.17) is 4.74 Å². The molecule has 152 valence electrons. The maximum atomic E-state index is 12.9. The molecule has 1 aliphatic heterocycles. The number of rotatable bonds is 7. The summed E-state index contributed by atoms with van der Waals surface area (Å²) in [4.78, 5) is 12.9. The number of hydrogen-bond acceptors (Lipinski definition) is 7. The number of ketones is 1. The molecule has 1 N–H and O–H groups in total. The van der Waals surface area contributed by atoms with Gasteiger partial charge >= 0.3 is 0 Å². The van der Waals surface area contributed by atoms with Gasteiger partial charge in [0.15, 0.2) is 5.78 Å². The lowest BCUT2D eigenvalue weighted by atomic mass is 10.2. The summed E-state index contributed by atoms with van der Waals surface area (Å²) in [7, 11) is 0. The van der Waals surface area contributed by atoms with Crippen molar-refractivity contribution in [3.8, 4) is 11.4 Å². The Balaban J connectivity index is 1.46. The zero-order valence-corrected chi connectivity index (χ0v) is 17.2. The lowest BCUT2D eigenvalue weighted by Crippen LogP contribution is -2.17. The van der Waals surface area contributed by atoms with Crippen molar-refractivity contribution in [3.05, 3.63) is 47.3 Å². The summed E-state index contributed by atoms with van der Waals surface area (Å²) in [6, 6.07) is 8.53. The fourth-order valence-electron chi connectivity index (χ4n) is 3.59. The summed E-state index contributed by atoms with van der Waals surface area (Å²) in [5.41, 5.74) is 3.50. The zero-order valence-electron chi connectivity index (χ0n) is 16.4. The van der Waals surface area contributed by atoms with E-state index in [-0.39, 0.29) is 23.4 Å². The molecule has 0 amide bonds. The van der Waals surface area contributed by atoms with E-state index in [1.54, 1.807) is 28.9 Å². The molecule has 1 atom stereocenters. The summed E-state index contributed by atoms with van der Waals surface area (Å²) in [5, 5.41) is 21.7. The van der Waals surface area contributed by atoms with Gasteiger partial charge in [-0.05, 0) is 67.4 Å². The quantitative estimate of drug-likeness (QED) is 0.470. The molecule has 1 aliphatic rings. The van der Waals surface area contributed by atoms with Crippen molar-refractivity contribution in [1.29, 1.82) is 0 Å². The fourth-order valence-corrected chi connectivity index (χ4v) is 4.36. The molecule has 3 heterocycles. The molecule has 29 heavy (non-hydrogen) atoms. The van der Waals surface area contributed by atoms with Crippen LogP contribution >= 0.6 is 11.8 Å². The third kappa shape index (κ3) is 4.20. The van der Waals surface area contributed by atoms with E-state index in [0.717, 1.165) is 48.6 Å². The first-order chi connectivity index (χ1) is 14.0. The zero-order chi connectivity index (χ0) is 20.4. The number of thioether (sulfide) groups is 1. The van der Waals surface area contributed by atoms with Crippen LogP contribution in [0, 0.1) is 13.8 Å². The fraction of sp³-hybridized carbons (Fsp3) is 0.400. The van der Waals surface area contributed by atoms with E-state index in [2.05, 4.69) is 20.1 Å². The van der Waals surface area contributed by atoms with Crippen molar-refractivity contribution in [2.24, 2.45) is 0 Å². The van der Waals surface area contributed by atoms with Gasteiger partial charge in [0.25, 0.3) is 0 Å². The molecule has 0 unspecified atom stereocenters. The maximum absolute atomic E-state index is 12.9. The first-order valence-corrected chi connectivity index (χ1v) is 10.5. The van der Waals surface area contributed by atoms with Gasteiger partial charge in [0.2, 0.25) is 5.16 Å². The highest BCUT2D eigenvalue weighted by Gasteiger charge is 2.21. The van der Waals surface area contributed by atoms with Gasteiger partial charge in [0.05, 0.1) is 17.5 Å². The van der Waals surface area contributed by atoms with Crippen LogP contribution in [0.25, 0.3) is 5.69 Å². The van der Waals surface area contributed by atoms with Gasteiger partial charge in [0, 0.05) is 30.1 Å². The van der Waals surface area contributed by atoms with Crippen molar-refractivity contribution in [2.75, 3.05) is 12.4 Å². The second kappa shape index (κ2) is 8.38. The van der Waals surface area contributed by atoms with Crippen molar-refractivity contribution in [1.82, 2.24) is 24.8 Å². The molecule has 1 fully saturated rings. The molecular formula is C20H23N5O3S. The van der Waals surface area contributed by atoms with Gasteiger partial charge in [-0.25, -0.2) is 0 Å². The minimum atomic E-state index is 0.0435. The lowest BCUT2D eigenvalue weighted by Gasteiger charge is -2.14. The van der Waals surface area contributed by atoms with E-state index in [1.165, 1.54) is 11.8 Å². The number of hydrogen-bond donors (Lipinski definition) is 1. The number of aromatic hydroxyl groups is 1. The first kappa shape index (κ1) is 19.7. The second-order valence-electron chi connectivity index (χ2n) is 7.13. The van der Waals surface area contributed by atoms with Crippen LogP contribution in [0.4, 0.5) is 0 Å². The SMILES string of the molecule is Cc1cc(C(=O)CSc2nnnn2-c2ccc(O)cc2)c(C)n1C[C@H]1CCCO1. The second-order valence-corrected chi connectivity index (χ2v) is 8.07. The van der Waals surface area contributed by atoms with Crippen molar-refractivity contribution in [2.45, 2.75) is 44.5 Å². The summed E-state index contributed by atoms with van der Waals surface area (Å²) >= 11 is 1.29. The number of ether oxygens (including phenoxy) is 1. The Morgan fingerprint density at radius 1 is 1.31 bits per heavy atom. The third-order valence-electron chi connectivity index (χ3n) is 5.15. The monoisotopic (exact) mass is 413 g/mol. The third-order valence-corrected chi connectivity index (χ3v) is 6.07. The number of nitrogens with zero attached hydrogens (tertiary/aromatic N) is 5. The van der Waals surface area contributed by atoms with Crippen LogP contribution in [0.1, 0.15) is 34.6 Å². The van der Waals surface area contributed by atoms with Gasteiger partial charge in [-0.15, -0.1) is 5.10 Å². The number of phenolic OH excluding ortho intramolecular Hbond substituents is 1. The molecule has 3 aromatic rings. The number of carbonyl (C=O) groups is 1. The normalized spacial score (nSPS) is 16.4. The summed E-state index contributed by atoms with van der Waals surface area (Å²) in [6.07, 6.45) is 2.39. The predicted octanol–water partition coefficient (Wildman–Crippen LogP) is 2.94. The number of benzene rings is 1. The molecular weight excluding hydrogens is 390 g/mol. The largest absolute Gasteiger partial charge is 0.508 e. The Bertz CT molecular complexity index is 1010. The predicted molar refractivity (Wildman–Crippen MR) is 109 cm³/mol. The topological polar surface area (TPSA) is 95.1 Å². The van der Waals surface area contributed by atoms with E-state index in [9.17, 15) is 9.90 Å². The number of phenols is 1. The first-order valence-electron chi connectivity index (χ1n) is 9.55. The molecule has 0 spiro atoms. The van der Waals surface area contributed by atoms with Gasteiger partial charge in [-0.2, -0.15) is 4.68 Å². The lowest BCUT2D eigenvalue weighted by molar-refractivity contribution is 0.0957. The highest BCUT2D eigenvalue weighted by molar-refractivity contribution is 7.99. The number of aryl methyl sites for hydroxylation is 1. The average molecular weight is 414 g/mol. The molecule has 8 nitrogen and oxygen atoms in total. The molecule has 0 radical (unpaired) electrons. The standard InChI is InChI=1S/C20H23N5O3S/c1-13-10-18(14(2)24(13)11-17-4-3-9-28-17)19(27)12-29-20-21-22-23-25(20)15-5-7-16(26)8-6-15/h5-8,10,17,26H,3-4,9,11-12H2,1-2H3/t17-/m1/s1. The van der Waals surface area contributed by atoms with Crippen molar-refractivity contribution >= 4 is 17.5 Å². The van der Waals surface area contributed by atoms with Crippen LogP contribution in [0.5, 0.6) is 5.75 Å².